The maximum Gasteiger partial charge on any atom is 0.274 e. The zero-order valence-corrected chi connectivity index (χ0v) is 14.0. The second kappa shape index (κ2) is 6.34. The molecule has 1 unspecified atom stereocenters. The molecule has 6 heteroatoms. The second-order valence-electron chi connectivity index (χ2n) is 6.15. The van der Waals surface area contributed by atoms with Crippen LogP contribution in [0.3, 0.4) is 0 Å². The van der Waals surface area contributed by atoms with Crippen LogP contribution in [0.25, 0.3) is 5.69 Å². The van der Waals surface area contributed by atoms with Crippen LogP contribution in [0.2, 0.25) is 5.02 Å². The number of nitrogens with zero attached hydrogens (tertiary/aromatic N) is 3. The predicted molar refractivity (Wildman–Crippen MR) is 89.0 cm³/mol. The van der Waals surface area contributed by atoms with E-state index in [1.165, 1.54) is 4.90 Å². The molecular weight excluding hydrogens is 314 g/mol. The van der Waals surface area contributed by atoms with Crippen molar-refractivity contribution in [3.63, 3.8) is 0 Å². The van der Waals surface area contributed by atoms with Gasteiger partial charge in [0.1, 0.15) is 0 Å². The molecule has 1 aliphatic rings. The van der Waals surface area contributed by atoms with Crippen LogP contribution >= 0.6 is 11.6 Å². The first-order valence-corrected chi connectivity index (χ1v) is 8.10. The van der Waals surface area contributed by atoms with Crippen LogP contribution in [0, 0.1) is 12.8 Å². The van der Waals surface area contributed by atoms with Crippen molar-refractivity contribution in [3.05, 3.63) is 46.7 Å². The van der Waals surface area contributed by atoms with E-state index in [-0.39, 0.29) is 5.91 Å². The van der Waals surface area contributed by atoms with Gasteiger partial charge in [0, 0.05) is 25.4 Å². The molecule has 1 atom stereocenters. The van der Waals surface area contributed by atoms with Gasteiger partial charge in [0.15, 0.2) is 5.69 Å². The van der Waals surface area contributed by atoms with Gasteiger partial charge < -0.3 is 10.0 Å². The van der Waals surface area contributed by atoms with Crippen LogP contribution in [0.5, 0.6) is 0 Å². The Balaban J connectivity index is 1.80. The minimum absolute atomic E-state index is 0.187. The van der Waals surface area contributed by atoms with Gasteiger partial charge in [0.2, 0.25) is 0 Å². The van der Waals surface area contributed by atoms with Gasteiger partial charge in [-0.25, -0.2) is 4.68 Å². The van der Waals surface area contributed by atoms with Gasteiger partial charge in [-0.15, -0.1) is 0 Å². The summed E-state index contributed by atoms with van der Waals surface area (Å²) in [5.74, 6) is 0.153. The summed E-state index contributed by atoms with van der Waals surface area (Å²) in [4.78, 5) is 14.1. The number of aliphatic hydroxyl groups is 1. The molecule has 23 heavy (non-hydrogen) atoms. The number of carbonyl (C=O) groups is 1. The smallest absolute Gasteiger partial charge is 0.274 e. The van der Waals surface area contributed by atoms with Crippen molar-refractivity contribution < 1.29 is 9.90 Å². The first-order chi connectivity index (χ1) is 11.0. The topological polar surface area (TPSA) is 58.4 Å². The van der Waals surface area contributed by atoms with E-state index >= 15 is 0 Å². The monoisotopic (exact) mass is 333 g/mol. The standard InChI is InChI=1S/C17H20ClN3O2/c1-11-9-21(14-6-4-3-5-13(14)18)19-16(11)17(23)20(2)10-15(22)12-7-8-12/h3-6,9,12,15,22H,7-8,10H2,1-2H3. The molecule has 0 radical (unpaired) electrons. The fourth-order valence-corrected chi connectivity index (χ4v) is 2.83. The number of likely N-dealkylation sites (N-methyl/N-ethyl adjacent to an activating group) is 1. The molecule has 1 N–H and O–H groups in total. The van der Waals surface area contributed by atoms with Crippen molar-refractivity contribution in [2.75, 3.05) is 13.6 Å². The molecule has 5 nitrogen and oxygen atoms in total. The second-order valence-corrected chi connectivity index (χ2v) is 6.55. The van der Waals surface area contributed by atoms with Crippen LogP contribution in [-0.4, -0.2) is 45.4 Å². The van der Waals surface area contributed by atoms with Gasteiger partial charge in [-0.3, -0.25) is 4.79 Å². The average molecular weight is 334 g/mol. The van der Waals surface area contributed by atoms with Crippen molar-refractivity contribution in [2.24, 2.45) is 5.92 Å². The summed E-state index contributed by atoms with van der Waals surface area (Å²) >= 11 is 6.18. The lowest BCUT2D eigenvalue weighted by atomic mass is 10.2. The van der Waals surface area contributed by atoms with E-state index < -0.39 is 6.10 Å². The summed E-state index contributed by atoms with van der Waals surface area (Å²) in [6, 6.07) is 7.36. The van der Waals surface area contributed by atoms with Crippen LogP contribution in [0.1, 0.15) is 28.9 Å². The number of carbonyl (C=O) groups excluding carboxylic acids is 1. The van der Waals surface area contributed by atoms with Gasteiger partial charge in [-0.2, -0.15) is 5.10 Å². The van der Waals surface area contributed by atoms with E-state index in [1.807, 2.05) is 25.1 Å². The largest absolute Gasteiger partial charge is 0.391 e. The van der Waals surface area contributed by atoms with E-state index in [0.29, 0.717) is 23.2 Å². The molecule has 1 aromatic heterocycles. The third-order valence-electron chi connectivity index (χ3n) is 4.17. The Kier molecular flexibility index (Phi) is 4.41. The molecule has 1 aliphatic carbocycles. The van der Waals surface area contributed by atoms with Crippen LogP contribution in [0.4, 0.5) is 0 Å². The molecular formula is C17H20ClN3O2. The Bertz CT molecular complexity index is 724. The zero-order chi connectivity index (χ0) is 16.6. The summed E-state index contributed by atoms with van der Waals surface area (Å²) in [5.41, 5.74) is 1.90. The molecule has 1 aromatic carbocycles. The van der Waals surface area contributed by atoms with Gasteiger partial charge in [0.25, 0.3) is 5.91 Å². The maximum absolute atomic E-state index is 12.6. The highest BCUT2D eigenvalue weighted by molar-refractivity contribution is 6.32. The van der Waals surface area contributed by atoms with Gasteiger partial charge >= 0.3 is 0 Å². The first kappa shape index (κ1) is 16.0. The molecule has 2 aromatic rings. The molecule has 1 amide bonds. The SMILES string of the molecule is Cc1cn(-c2ccccc2Cl)nc1C(=O)N(C)CC(O)C1CC1. The zero-order valence-electron chi connectivity index (χ0n) is 13.2. The molecule has 0 aliphatic heterocycles. The average Bonchev–Trinajstić information content (AvgIpc) is 3.30. The van der Waals surface area contributed by atoms with Crippen molar-refractivity contribution in [2.45, 2.75) is 25.9 Å². The lowest BCUT2D eigenvalue weighted by molar-refractivity contribution is 0.0639. The molecule has 3 rings (SSSR count). The molecule has 1 heterocycles. The fourth-order valence-electron chi connectivity index (χ4n) is 2.61. The summed E-state index contributed by atoms with van der Waals surface area (Å²) in [6.07, 6.45) is 3.43. The van der Waals surface area contributed by atoms with E-state index in [9.17, 15) is 9.90 Å². The minimum Gasteiger partial charge on any atom is -0.391 e. The molecule has 1 fully saturated rings. The van der Waals surface area contributed by atoms with Crippen molar-refractivity contribution in [1.82, 2.24) is 14.7 Å². The summed E-state index contributed by atoms with van der Waals surface area (Å²) in [5, 5.41) is 15.0. The van der Waals surface area contributed by atoms with Gasteiger partial charge in [-0.1, -0.05) is 23.7 Å². The number of hydrogen-bond donors (Lipinski definition) is 1. The first-order valence-electron chi connectivity index (χ1n) is 7.72. The number of halogens is 1. The van der Waals surface area contributed by atoms with E-state index in [1.54, 1.807) is 24.0 Å². The normalized spacial score (nSPS) is 15.5. The van der Waals surface area contributed by atoms with Crippen molar-refractivity contribution in [3.8, 4) is 5.69 Å². The summed E-state index contributed by atoms with van der Waals surface area (Å²) in [6.45, 7) is 2.18. The Hall–Kier alpha value is -1.85. The Morgan fingerprint density at radius 2 is 2.17 bits per heavy atom. The summed E-state index contributed by atoms with van der Waals surface area (Å²) < 4.78 is 1.62. The van der Waals surface area contributed by atoms with Crippen molar-refractivity contribution >= 4 is 17.5 Å². The minimum atomic E-state index is -0.449. The number of rotatable bonds is 5. The van der Waals surface area contributed by atoms with Crippen molar-refractivity contribution in [1.29, 1.82) is 0 Å². The highest BCUT2D eigenvalue weighted by Crippen LogP contribution is 2.32. The van der Waals surface area contributed by atoms with E-state index in [2.05, 4.69) is 5.10 Å². The highest BCUT2D eigenvalue weighted by atomic mass is 35.5. The molecule has 0 spiro atoms. The molecule has 0 bridgehead atoms. The quantitative estimate of drug-likeness (QED) is 0.915. The Morgan fingerprint density at radius 1 is 1.48 bits per heavy atom. The van der Waals surface area contributed by atoms with Gasteiger partial charge in [-0.05, 0) is 37.8 Å². The number of aliphatic hydroxyl groups excluding tert-OH is 1. The Morgan fingerprint density at radius 3 is 2.83 bits per heavy atom. The number of aryl methyl sites for hydroxylation is 1. The number of para-hydroxylation sites is 1. The lowest BCUT2D eigenvalue weighted by Crippen LogP contribution is -2.35. The molecule has 122 valence electrons. The molecule has 0 saturated heterocycles. The molecule has 1 saturated carbocycles. The van der Waals surface area contributed by atoms with Gasteiger partial charge in [0.05, 0.1) is 16.8 Å². The number of hydrogen-bond acceptors (Lipinski definition) is 3. The Labute approximate surface area is 140 Å². The van der Waals surface area contributed by atoms with E-state index in [4.69, 9.17) is 11.6 Å². The van der Waals surface area contributed by atoms with Crippen LogP contribution in [0.15, 0.2) is 30.5 Å². The predicted octanol–water partition coefficient (Wildman–Crippen LogP) is 2.68. The highest BCUT2D eigenvalue weighted by Gasteiger charge is 2.31. The number of amides is 1. The fraction of sp³-hybridized carbons (Fsp3) is 0.412. The third kappa shape index (κ3) is 3.41. The van der Waals surface area contributed by atoms with Crippen LogP contribution in [-0.2, 0) is 0 Å². The summed E-state index contributed by atoms with van der Waals surface area (Å²) in [7, 11) is 1.70. The maximum atomic E-state index is 12.6. The number of benzene rings is 1. The van der Waals surface area contributed by atoms with Crippen LogP contribution < -0.4 is 0 Å². The lowest BCUT2D eigenvalue weighted by Gasteiger charge is -2.20. The van der Waals surface area contributed by atoms with E-state index in [0.717, 1.165) is 24.1 Å². The number of aromatic nitrogens is 2. The third-order valence-corrected chi connectivity index (χ3v) is 4.49.